The second kappa shape index (κ2) is 15.7. The molecule has 5 heteroatoms. The SMILES string of the molecule is C=CC#N.O=C([O-])[O-].[Ca+2]. The van der Waals surface area contributed by atoms with Crippen molar-refractivity contribution in [2.75, 3.05) is 0 Å². The van der Waals surface area contributed by atoms with Gasteiger partial charge in [-0.3, -0.25) is 0 Å². The van der Waals surface area contributed by atoms with Gasteiger partial charge >= 0.3 is 37.7 Å². The van der Waals surface area contributed by atoms with Crippen molar-refractivity contribution in [2.24, 2.45) is 0 Å². The molecule has 0 rings (SSSR count). The van der Waals surface area contributed by atoms with Gasteiger partial charge in [-0.15, -0.1) is 0 Å². The topological polar surface area (TPSA) is 87.0 Å². The summed E-state index contributed by atoms with van der Waals surface area (Å²) in [6, 6.07) is 1.69. The molecule has 0 aromatic carbocycles. The Kier molecular flexibility index (Phi) is 27.6. The van der Waals surface area contributed by atoms with Crippen LogP contribution in [0.3, 0.4) is 0 Å². The molecule has 0 aromatic heterocycles. The van der Waals surface area contributed by atoms with E-state index in [-0.39, 0.29) is 37.7 Å². The van der Waals surface area contributed by atoms with Gasteiger partial charge < -0.3 is 15.0 Å². The Balaban J connectivity index is -0.0000000720. The summed E-state index contributed by atoms with van der Waals surface area (Å²) in [5, 5.41) is 24.2. The van der Waals surface area contributed by atoms with Gasteiger partial charge in [0.15, 0.2) is 0 Å². The first-order valence-corrected chi connectivity index (χ1v) is 1.53. The van der Waals surface area contributed by atoms with Gasteiger partial charge in [0.1, 0.15) is 0 Å². The maximum atomic E-state index is 8.33. The summed E-state index contributed by atoms with van der Waals surface area (Å²) < 4.78 is 0. The molecular formula is C4H3CaNO3. The van der Waals surface area contributed by atoms with E-state index in [1.165, 1.54) is 6.08 Å². The van der Waals surface area contributed by atoms with Gasteiger partial charge in [0.05, 0.1) is 6.07 Å². The van der Waals surface area contributed by atoms with E-state index in [4.69, 9.17) is 20.3 Å². The Morgan fingerprint density at radius 1 is 1.67 bits per heavy atom. The third-order valence-electron chi connectivity index (χ3n) is 0.0913. The summed E-state index contributed by atoms with van der Waals surface area (Å²) >= 11 is 0. The van der Waals surface area contributed by atoms with Gasteiger partial charge in [-0.25, -0.2) is 0 Å². The molecule has 0 N–H and O–H groups in total. The molecule has 0 amide bonds. The van der Waals surface area contributed by atoms with Crippen molar-refractivity contribution in [1.82, 2.24) is 0 Å². The summed E-state index contributed by atoms with van der Waals surface area (Å²) in [6.45, 7) is 3.12. The summed E-state index contributed by atoms with van der Waals surface area (Å²) in [6.07, 6.45) is -1.15. The predicted octanol–water partition coefficient (Wildman–Crippen LogP) is -2.13. The third kappa shape index (κ3) is 446. The minimum Gasteiger partial charge on any atom is -0.652 e. The Morgan fingerprint density at radius 2 is 1.78 bits per heavy atom. The molecular weight excluding hydrogens is 150 g/mol. The number of allylic oxidation sites excluding steroid dienone is 1. The van der Waals surface area contributed by atoms with Crippen LogP contribution in [0, 0.1) is 11.3 Å². The molecule has 4 nitrogen and oxygen atoms in total. The summed E-state index contributed by atoms with van der Waals surface area (Å²) in [5.41, 5.74) is 0. The third-order valence-corrected chi connectivity index (χ3v) is 0.0913. The minimum atomic E-state index is -2.33. The number of carboxylic acid groups (broad SMARTS) is 2. The van der Waals surface area contributed by atoms with Crippen LogP contribution < -0.4 is 10.2 Å². The van der Waals surface area contributed by atoms with Crippen molar-refractivity contribution in [3.8, 4) is 6.07 Å². The first-order chi connectivity index (χ1) is 3.65. The van der Waals surface area contributed by atoms with E-state index in [1.807, 2.05) is 0 Å². The molecule has 0 radical (unpaired) electrons. The summed E-state index contributed by atoms with van der Waals surface area (Å²) in [5.74, 6) is 0. The van der Waals surface area contributed by atoms with Crippen molar-refractivity contribution >= 4 is 43.9 Å². The second-order valence-electron chi connectivity index (χ2n) is 0.583. The van der Waals surface area contributed by atoms with Crippen LogP contribution in [0.1, 0.15) is 0 Å². The summed E-state index contributed by atoms with van der Waals surface area (Å²) in [4.78, 5) is 8.33. The van der Waals surface area contributed by atoms with Crippen LogP contribution in [-0.4, -0.2) is 43.9 Å². The van der Waals surface area contributed by atoms with Gasteiger partial charge in [0.25, 0.3) is 0 Å². The average molecular weight is 153 g/mol. The van der Waals surface area contributed by atoms with Gasteiger partial charge in [-0.05, 0) is 6.16 Å². The van der Waals surface area contributed by atoms with E-state index in [2.05, 4.69) is 6.58 Å². The number of carbonyl (C=O) groups is 1. The molecule has 0 aliphatic carbocycles. The van der Waals surface area contributed by atoms with Gasteiger partial charge in [0.2, 0.25) is 0 Å². The Morgan fingerprint density at radius 3 is 1.78 bits per heavy atom. The summed E-state index contributed by atoms with van der Waals surface area (Å²) in [7, 11) is 0. The second-order valence-corrected chi connectivity index (χ2v) is 0.583. The van der Waals surface area contributed by atoms with Crippen LogP contribution in [0.2, 0.25) is 0 Å². The van der Waals surface area contributed by atoms with Gasteiger partial charge in [0, 0.05) is 6.08 Å². The van der Waals surface area contributed by atoms with E-state index in [1.54, 1.807) is 6.07 Å². The zero-order valence-electron chi connectivity index (χ0n) is 4.66. The Bertz CT molecular complexity index is 113. The zero-order chi connectivity index (χ0) is 6.99. The van der Waals surface area contributed by atoms with Gasteiger partial charge in [-0.2, -0.15) is 5.26 Å². The number of nitrogens with zero attached hydrogens (tertiary/aromatic N) is 1. The quantitative estimate of drug-likeness (QED) is 0.294. The molecule has 0 aromatic rings. The fourth-order valence-electron chi connectivity index (χ4n) is 0. The average Bonchev–Trinajstić information content (AvgIpc) is 1.65. The predicted molar refractivity (Wildman–Crippen MR) is 27.0 cm³/mol. The largest absolute Gasteiger partial charge is 2.00 e. The van der Waals surface area contributed by atoms with Crippen molar-refractivity contribution in [1.29, 1.82) is 5.26 Å². The van der Waals surface area contributed by atoms with E-state index in [9.17, 15) is 0 Å². The maximum absolute atomic E-state index is 8.33. The van der Waals surface area contributed by atoms with Crippen LogP contribution in [0.4, 0.5) is 4.79 Å². The molecule has 9 heavy (non-hydrogen) atoms. The molecule has 0 atom stereocenters. The van der Waals surface area contributed by atoms with Crippen LogP contribution in [-0.2, 0) is 0 Å². The van der Waals surface area contributed by atoms with Crippen molar-refractivity contribution in [2.45, 2.75) is 0 Å². The van der Waals surface area contributed by atoms with Gasteiger partial charge in [-0.1, -0.05) is 6.58 Å². The normalized spacial score (nSPS) is 4.33. The van der Waals surface area contributed by atoms with Crippen molar-refractivity contribution in [3.05, 3.63) is 12.7 Å². The maximum Gasteiger partial charge on any atom is 2.00 e. The fraction of sp³-hybridized carbons (Fsp3) is 0. The van der Waals surface area contributed by atoms with Crippen molar-refractivity contribution < 1.29 is 15.0 Å². The molecule has 0 bridgehead atoms. The number of carbonyl (C=O) groups excluding carboxylic acids is 1. The standard InChI is InChI=1S/C3H3N.CH2O3.Ca/c1-2-3-4;2-1(3)4;/h2H,1H2;(H2,2,3,4);/q;;+2/p-2. The van der Waals surface area contributed by atoms with E-state index in [0.29, 0.717) is 0 Å². The monoisotopic (exact) mass is 153 g/mol. The molecule has 0 unspecified atom stereocenters. The molecule has 0 aliphatic heterocycles. The van der Waals surface area contributed by atoms with E-state index < -0.39 is 6.16 Å². The first-order valence-electron chi connectivity index (χ1n) is 1.53. The number of hydrogen-bond acceptors (Lipinski definition) is 4. The molecule has 0 aliphatic rings. The number of rotatable bonds is 0. The molecule has 0 spiro atoms. The van der Waals surface area contributed by atoms with Crippen LogP contribution in [0.25, 0.3) is 0 Å². The molecule has 0 heterocycles. The van der Waals surface area contributed by atoms with Crippen molar-refractivity contribution in [3.63, 3.8) is 0 Å². The molecule has 44 valence electrons. The number of nitriles is 1. The van der Waals surface area contributed by atoms with E-state index in [0.717, 1.165) is 0 Å². The van der Waals surface area contributed by atoms with E-state index >= 15 is 0 Å². The van der Waals surface area contributed by atoms with Crippen LogP contribution in [0.5, 0.6) is 0 Å². The first kappa shape index (κ1) is 15.9. The minimum absolute atomic E-state index is 0. The zero-order valence-corrected chi connectivity index (χ0v) is 6.87. The number of hydrogen-bond donors (Lipinski definition) is 0. The molecule has 0 saturated heterocycles. The Hall–Kier alpha value is -0.240. The molecule has 0 saturated carbocycles. The molecule has 0 fully saturated rings. The van der Waals surface area contributed by atoms with Crippen LogP contribution >= 0.6 is 0 Å². The fourth-order valence-corrected chi connectivity index (χ4v) is 0. The smallest absolute Gasteiger partial charge is 0.652 e. The van der Waals surface area contributed by atoms with Crippen LogP contribution in [0.15, 0.2) is 12.7 Å². The Labute approximate surface area is 82.4 Å².